The van der Waals surface area contributed by atoms with Crippen LogP contribution >= 0.6 is 23.1 Å². The molecule has 0 bridgehead atoms. The fourth-order valence-corrected chi connectivity index (χ4v) is 7.27. The first kappa shape index (κ1) is 31.3. The monoisotopic (exact) mass is 647 g/mol. The molecule has 6 rings (SSSR count). The van der Waals surface area contributed by atoms with E-state index in [1.807, 2.05) is 72.8 Å². The highest BCUT2D eigenvalue weighted by Crippen LogP contribution is 2.43. The summed E-state index contributed by atoms with van der Waals surface area (Å²) in [6.07, 6.45) is 6.22. The molecule has 232 valence electrons. The highest BCUT2D eigenvalue weighted by molar-refractivity contribution is 8.00. The second kappa shape index (κ2) is 14.6. The summed E-state index contributed by atoms with van der Waals surface area (Å²) in [7, 11) is 0. The number of nitrogens with zero attached hydrogens (tertiary/aromatic N) is 3. The number of unbranched alkanes of at least 4 members (excludes halogenated alkanes) is 2. The van der Waals surface area contributed by atoms with Crippen LogP contribution < -0.4 is 9.64 Å². The summed E-state index contributed by atoms with van der Waals surface area (Å²) in [6.45, 7) is 2.75. The SMILES string of the molecule is CCCCCOc1ccc(C2C(C(=O)C=Cc3ccccc3)=C(O)C(=O)N2c2nnc(SCc3cccc4ccccc34)s2)cc1. The molecule has 0 aliphatic carbocycles. The number of aliphatic hydroxyl groups is 1. The van der Waals surface area contributed by atoms with Crippen molar-refractivity contribution in [2.45, 2.75) is 42.3 Å². The molecule has 0 fully saturated rings. The zero-order valence-corrected chi connectivity index (χ0v) is 27.0. The number of anilines is 1. The standard InChI is InChI=1S/C37H33N3O4S2/c1-2-3-9-23-44-29-20-18-27(19-21-29)33-32(31(41)22-17-25-11-5-4-6-12-25)34(42)35(43)40(33)36-38-39-37(46-36)45-24-28-15-10-14-26-13-7-8-16-30(26)28/h4-8,10-22,33,42H,2-3,9,23-24H2,1H3. The third-order valence-corrected chi connectivity index (χ3v) is 9.85. The van der Waals surface area contributed by atoms with Gasteiger partial charge in [0.05, 0.1) is 18.2 Å². The molecule has 0 saturated heterocycles. The van der Waals surface area contributed by atoms with Crippen LogP contribution in [-0.4, -0.2) is 33.6 Å². The number of aliphatic hydroxyl groups excluding tert-OH is 1. The van der Waals surface area contributed by atoms with Gasteiger partial charge in [-0.05, 0) is 52.1 Å². The second-order valence-electron chi connectivity index (χ2n) is 10.9. The van der Waals surface area contributed by atoms with Crippen LogP contribution in [-0.2, 0) is 15.3 Å². The first-order chi connectivity index (χ1) is 22.5. The molecular formula is C37H33N3O4S2. The van der Waals surface area contributed by atoms with E-state index in [1.165, 1.54) is 50.4 Å². The summed E-state index contributed by atoms with van der Waals surface area (Å²) in [4.78, 5) is 28.6. The summed E-state index contributed by atoms with van der Waals surface area (Å²) in [5.41, 5.74) is 2.64. The molecule has 46 heavy (non-hydrogen) atoms. The van der Waals surface area contributed by atoms with E-state index in [0.29, 0.717) is 33.1 Å². The molecule has 7 nitrogen and oxygen atoms in total. The predicted molar refractivity (Wildman–Crippen MR) is 185 cm³/mol. The van der Waals surface area contributed by atoms with Crippen molar-refractivity contribution in [1.82, 2.24) is 10.2 Å². The van der Waals surface area contributed by atoms with Crippen LogP contribution in [0.5, 0.6) is 5.75 Å². The van der Waals surface area contributed by atoms with Crippen molar-refractivity contribution in [2.24, 2.45) is 0 Å². The van der Waals surface area contributed by atoms with E-state index in [4.69, 9.17) is 4.74 Å². The Morgan fingerprint density at radius 2 is 1.72 bits per heavy atom. The Labute approximate surface area is 276 Å². The molecule has 2 heterocycles. The number of aromatic nitrogens is 2. The molecule has 0 radical (unpaired) electrons. The third-order valence-electron chi connectivity index (χ3n) is 7.75. The Morgan fingerprint density at radius 3 is 2.52 bits per heavy atom. The molecule has 1 aliphatic rings. The van der Waals surface area contributed by atoms with Gasteiger partial charge < -0.3 is 9.84 Å². The molecule has 1 aromatic heterocycles. The lowest BCUT2D eigenvalue weighted by molar-refractivity contribution is -0.117. The average Bonchev–Trinajstić information content (AvgIpc) is 3.67. The molecule has 0 spiro atoms. The zero-order valence-electron chi connectivity index (χ0n) is 25.3. The number of benzene rings is 4. The van der Waals surface area contributed by atoms with E-state index in [1.54, 1.807) is 6.08 Å². The van der Waals surface area contributed by atoms with Gasteiger partial charge in [-0.1, -0.05) is 134 Å². The van der Waals surface area contributed by atoms with E-state index in [9.17, 15) is 14.7 Å². The quantitative estimate of drug-likeness (QED) is 0.0591. The summed E-state index contributed by atoms with van der Waals surface area (Å²) in [5.74, 6) is -0.373. The van der Waals surface area contributed by atoms with Crippen molar-refractivity contribution in [1.29, 1.82) is 0 Å². The summed E-state index contributed by atoms with van der Waals surface area (Å²) in [6, 6.07) is 30.3. The Balaban J connectivity index is 1.28. The van der Waals surface area contributed by atoms with E-state index in [-0.39, 0.29) is 5.57 Å². The van der Waals surface area contributed by atoms with E-state index in [0.717, 1.165) is 24.8 Å². The van der Waals surface area contributed by atoms with Gasteiger partial charge in [-0.15, -0.1) is 10.2 Å². The smallest absolute Gasteiger partial charge is 0.296 e. The average molecular weight is 648 g/mol. The van der Waals surface area contributed by atoms with Gasteiger partial charge in [-0.25, -0.2) is 0 Å². The number of hydrogen-bond acceptors (Lipinski definition) is 8. The highest BCUT2D eigenvalue weighted by atomic mass is 32.2. The molecule has 5 aromatic rings. The van der Waals surface area contributed by atoms with Crippen molar-refractivity contribution < 1.29 is 19.4 Å². The minimum atomic E-state index is -0.890. The Bertz CT molecular complexity index is 1900. The molecule has 0 saturated carbocycles. The van der Waals surface area contributed by atoms with Crippen molar-refractivity contribution in [2.75, 3.05) is 11.5 Å². The van der Waals surface area contributed by atoms with Gasteiger partial charge in [0.1, 0.15) is 5.75 Å². The number of allylic oxidation sites excluding steroid dienone is 1. The number of hydrogen-bond donors (Lipinski definition) is 1. The molecule has 1 N–H and O–H groups in total. The number of carbonyl (C=O) groups excluding carboxylic acids is 2. The van der Waals surface area contributed by atoms with Crippen molar-refractivity contribution in [3.63, 3.8) is 0 Å². The van der Waals surface area contributed by atoms with Crippen LogP contribution in [0.25, 0.3) is 16.8 Å². The molecule has 9 heteroatoms. The summed E-state index contributed by atoms with van der Waals surface area (Å²) >= 11 is 2.78. The number of amides is 1. The van der Waals surface area contributed by atoms with Crippen molar-refractivity contribution in [3.05, 3.63) is 131 Å². The van der Waals surface area contributed by atoms with Crippen LogP contribution in [0.15, 0.2) is 119 Å². The number of thioether (sulfide) groups is 1. The number of fused-ring (bicyclic) bond motifs is 1. The summed E-state index contributed by atoms with van der Waals surface area (Å²) in [5, 5.41) is 22.5. The number of carbonyl (C=O) groups is 2. The summed E-state index contributed by atoms with van der Waals surface area (Å²) < 4.78 is 6.57. The Hall–Kier alpha value is -4.73. The van der Waals surface area contributed by atoms with E-state index in [2.05, 4.69) is 41.4 Å². The zero-order chi connectivity index (χ0) is 31.9. The predicted octanol–water partition coefficient (Wildman–Crippen LogP) is 8.74. The van der Waals surface area contributed by atoms with Crippen LogP contribution in [0.3, 0.4) is 0 Å². The lowest BCUT2D eigenvalue weighted by Crippen LogP contribution is -2.30. The molecule has 4 aromatic carbocycles. The minimum absolute atomic E-state index is 0.00560. The maximum atomic E-state index is 13.6. The minimum Gasteiger partial charge on any atom is -0.503 e. The maximum Gasteiger partial charge on any atom is 0.296 e. The Morgan fingerprint density at radius 1 is 0.957 bits per heavy atom. The van der Waals surface area contributed by atoms with Gasteiger partial charge in [0, 0.05) is 5.75 Å². The largest absolute Gasteiger partial charge is 0.503 e. The fraction of sp³-hybridized carbons (Fsp3) is 0.189. The van der Waals surface area contributed by atoms with Gasteiger partial charge in [0.25, 0.3) is 5.91 Å². The third kappa shape index (κ3) is 6.90. The first-order valence-corrected chi connectivity index (χ1v) is 17.0. The Kier molecular flexibility index (Phi) is 9.91. The topological polar surface area (TPSA) is 92.6 Å². The van der Waals surface area contributed by atoms with Gasteiger partial charge in [-0.2, -0.15) is 0 Å². The van der Waals surface area contributed by atoms with Gasteiger partial charge >= 0.3 is 0 Å². The van der Waals surface area contributed by atoms with Crippen LogP contribution in [0.1, 0.15) is 48.9 Å². The first-order valence-electron chi connectivity index (χ1n) is 15.2. The van der Waals surface area contributed by atoms with Crippen molar-refractivity contribution >= 4 is 56.8 Å². The van der Waals surface area contributed by atoms with Crippen LogP contribution in [0, 0.1) is 0 Å². The number of ketones is 1. The number of rotatable bonds is 13. The van der Waals surface area contributed by atoms with Crippen molar-refractivity contribution in [3.8, 4) is 5.75 Å². The molecule has 1 aliphatic heterocycles. The van der Waals surface area contributed by atoms with E-state index >= 15 is 0 Å². The second-order valence-corrected chi connectivity index (χ2v) is 13.0. The van der Waals surface area contributed by atoms with Crippen LogP contribution in [0.4, 0.5) is 5.13 Å². The van der Waals surface area contributed by atoms with Gasteiger partial charge in [-0.3, -0.25) is 14.5 Å². The van der Waals surface area contributed by atoms with Gasteiger partial charge in [0.15, 0.2) is 15.9 Å². The van der Waals surface area contributed by atoms with E-state index < -0.39 is 23.5 Å². The highest BCUT2D eigenvalue weighted by Gasteiger charge is 2.45. The number of ether oxygens (including phenoxy) is 1. The fourth-order valence-electron chi connectivity index (χ4n) is 5.40. The molecule has 1 atom stereocenters. The molecule has 1 unspecified atom stereocenters. The maximum absolute atomic E-state index is 13.6. The lowest BCUT2D eigenvalue weighted by atomic mass is 9.95. The molecular weight excluding hydrogens is 615 g/mol. The lowest BCUT2D eigenvalue weighted by Gasteiger charge is -2.24. The van der Waals surface area contributed by atoms with Gasteiger partial charge in [0.2, 0.25) is 5.13 Å². The molecule has 1 amide bonds. The normalized spacial score (nSPS) is 14.9. The van der Waals surface area contributed by atoms with Crippen LogP contribution in [0.2, 0.25) is 0 Å².